The summed E-state index contributed by atoms with van der Waals surface area (Å²) in [6.07, 6.45) is 9.50. The van der Waals surface area contributed by atoms with Crippen LogP contribution in [0.4, 0.5) is 0 Å². The first kappa shape index (κ1) is 20.4. The summed E-state index contributed by atoms with van der Waals surface area (Å²) in [5.41, 5.74) is 0. The fourth-order valence-corrected chi connectivity index (χ4v) is 1.47. The lowest BCUT2D eigenvalue weighted by Crippen LogP contribution is -2.19. The van der Waals surface area contributed by atoms with Gasteiger partial charge in [-0.05, 0) is 0 Å². The third kappa shape index (κ3) is 22.7. The lowest BCUT2D eigenvalue weighted by molar-refractivity contribution is -0.137. The molecule has 0 unspecified atom stereocenters. The Hall–Kier alpha value is -0.880. The molecule has 1 N–H and O–H groups in total. The van der Waals surface area contributed by atoms with Crippen LogP contribution in [0.25, 0.3) is 0 Å². The van der Waals surface area contributed by atoms with Crippen molar-refractivity contribution in [1.29, 1.82) is 0 Å². The maximum Gasteiger partial charge on any atom is 0.330 e. The van der Waals surface area contributed by atoms with Gasteiger partial charge < -0.3 is 4.74 Å². The van der Waals surface area contributed by atoms with Gasteiger partial charge in [-0.2, -0.15) is 0 Å². The van der Waals surface area contributed by atoms with E-state index in [9.17, 15) is 13.2 Å². The van der Waals surface area contributed by atoms with Crippen molar-refractivity contribution in [3.63, 3.8) is 0 Å². The highest BCUT2D eigenvalue weighted by atomic mass is 32.2. The Morgan fingerprint density at radius 3 is 2.05 bits per heavy atom. The van der Waals surface area contributed by atoms with Crippen LogP contribution in [0.5, 0.6) is 0 Å². The lowest BCUT2D eigenvalue weighted by atomic mass is 10.1. The minimum Gasteiger partial charge on any atom is -0.461 e. The van der Waals surface area contributed by atoms with E-state index in [2.05, 4.69) is 29.9 Å². The normalized spacial score (nSPS) is 9.63. The van der Waals surface area contributed by atoms with Crippen LogP contribution in [0.1, 0.15) is 52.4 Å². The number of esters is 1. The fourth-order valence-electron chi connectivity index (χ4n) is 1.20. The van der Waals surface area contributed by atoms with Gasteiger partial charge in [0.05, 0.1) is 0 Å². The Labute approximate surface area is 118 Å². The van der Waals surface area contributed by atoms with Crippen molar-refractivity contribution in [3.05, 3.63) is 12.7 Å². The zero-order valence-electron chi connectivity index (χ0n) is 12.0. The second kappa shape index (κ2) is 17.1. The summed E-state index contributed by atoms with van der Waals surface area (Å²) in [7, 11) is -2.60. The molecule has 5 nitrogen and oxygen atoms in total. The minimum atomic E-state index is -2.60. The number of hydrogen-bond donors (Lipinski definition) is 2. The molecule has 0 aromatic rings. The number of ether oxygens (including phenoxy) is 1. The average molecular weight is 293 g/mol. The van der Waals surface area contributed by atoms with E-state index in [0.29, 0.717) is 0 Å². The largest absolute Gasteiger partial charge is 0.461 e. The van der Waals surface area contributed by atoms with Gasteiger partial charge in [0.2, 0.25) is 10.9 Å². The number of thiol groups is 1. The van der Waals surface area contributed by atoms with Crippen LogP contribution >= 0.6 is 0 Å². The predicted molar refractivity (Wildman–Crippen MR) is 78.5 cm³/mol. The Morgan fingerprint density at radius 2 is 1.68 bits per heavy atom. The van der Waals surface area contributed by atoms with Crippen molar-refractivity contribution in [1.82, 2.24) is 4.72 Å². The summed E-state index contributed by atoms with van der Waals surface area (Å²) in [6.45, 7) is 7.79. The molecule has 0 saturated heterocycles. The minimum absolute atomic E-state index is 0.0220. The van der Waals surface area contributed by atoms with Gasteiger partial charge in [0.1, 0.15) is 6.61 Å². The van der Waals surface area contributed by atoms with Crippen molar-refractivity contribution in [3.8, 4) is 0 Å². The second-order valence-corrected chi connectivity index (χ2v) is 4.78. The molecule has 0 amide bonds. The van der Waals surface area contributed by atoms with Crippen molar-refractivity contribution in [2.24, 2.45) is 0 Å². The van der Waals surface area contributed by atoms with Crippen LogP contribution in [0.2, 0.25) is 0 Å². The number of rotatable bonds is 10. The summed E-state index contributed by atoms with van der Waals surface area (Å²) in [5, 5.41) is 0. The maximum atomic E-state index is 10.3. The lowest BCUT2D eigenvalue weighted by Gasteiger charge is -1.98. The third-order valence-corrected chi connectivity index (χ3v) is 2.69. The summed E-state index contributed by atoms with van der Waals surface area (Å²) < 4.78 is 26.3. The van der Waals surface area contributed by atoms with Crippen LogP contribution in [0, 0.1) is 0 Å². The van der Waals surface area contributed by atoms with Gasteiger partial charge in [0, 0.05) is 12.6 Å². The average Bonchev–Trinajstić information content (AvgIpc) is 2.40. The molecule has 0 fully saturated rings. The number of unbranched alkanes of at least 4 members (excludes halogenated alkanes) is 5. The van der Waals surface area contributed by atoms with E-state index in [4.69, 9.17) is 0 Å². The van der Waals surface area contributed by atoms with E-state index in [-0.39, 0.29) is 13.2 Å². The molecule has 0 heterocycles. The van der Waals surface area contributed by atoms with Crippen LogP contribution < -0.4 is 4.72 Å². The maximum absolute atomic E-state index is 10.3. The molecule has 0 aromatic heterocycles. The molecule has 0 rings (SSSR count). The molecule has 6 heteroatoms. The monoisotopic (exact) mass is 293 g/mol. The molecule has 0 aliphatic heterocycles. The van der Waals surface area contributed by atoms with Crippen molar-refractivity contribution in [2.75, 3.05) is 13.2 Å². The molecule has 0 aliphatic rings. The highest BCUT2D eigenvalue weighted by molar-refractivity contribution is 7.70. The molecule has 0 radical (unpaired) electrons. The number of carbonyl (C=O) groups excluding carboxylic acids is 1. The predicted octanol–water partition coefficient (Wildman–Crippen LogP) is 2.20. The molecule has 0 atom stereocenters. The first-order valence-electron chi connectivity index (χ1n) is 6.75. The van der Waals surface area contributed by atoms with Gasteiger partial charge in [0.15, 0.2) is 0 Å². The van der Waals surface area contributed by atoms with E-state index < -0.39 is 16.9 Å². The number of hydrogen-bond acceptors (Lipinski definition) is 4. The summed E-state index contributed by atoms with van der Waals surface area (Å²) in [4.78, 5) is 10.3. The molecular formula is C13H27NO4S. The second-order valence-electron chi connectivity index (χ2n) is 3.95. The smallest absolute Gasteiger partial charge is 0.330 e. The fraction of sp³-hybridized carbons (Fsp3) is 0.769. The van der Waals surface area contributed by atoms with Crippen molar-refractivity contribution >= 4 is 16.9 Å². The van der Waals surface area contributed by atoms with Gasteiger partial charge in [-0.15, -0.1) is 0 Å². The van der Waals surface area contributed by atoms with E-state index in [1.807, 2.05) is 0 Å². The molecule has 19 heavy (non-hydrogen) atoms. The first-order chi connectivity index (χ1) is 9.08. The number of carbonyl (C=O) groups is 1. The molecule has 0 aliphatic carbocycles. The molecule has 0 spiro atoms. The molecular weight excluding hydrogens is 266 g/mol. The van der Waals surface area contributed by atoms with E-state index in [1.165, 1.54) is 38.5 Å². The van der Waals surface area contributed by atoms with Crippen LogP contribution in [0.15, 0.2) is 12.7 Å². The Morgan fingerprint density at radius 1 is 1.16 bits per heavy atom. The van der Waals surface area contributed by atoms with Gasteiger partial charge in [0.25, 0.3) is 0 Å². The quantitative estimate of drug-likeness (QED) is 0.280. The number of nitrogens with one attached hydrogen (secondary N) is 1. The Balaban J connectivity index is 0. The van der Waals surface area contributed by atoms with Crippen LogP contribution in [0.3, 0.4) is 0 Å². The van der Waals surface area contributed by atoms with Crippen molar-refractivity contribution in [2.45, 2.75) is 52.4 Å². The van der Waals surface area contributed by atoms with E-state index >= 15 is 0 Å². The van der Waals surface area contributed by atoms with Gasteiger partial charge >= 0.3 is 5.97 Å². The third-order valence-electron chi connectivity index (χ3n) is 2.21. The standard InChI is InChI=1S/C8H18.C5H9NO4S/c1-3-5-7-8-6-4-2;1-2-5(7)10-4-3-6-11(8)9/h3-8H2,1-2H3;2,11H,1,3-4H2,(H,6,8,9). The first-order valence-corrected chi connectivity index (χ1v) is 7.93. The summed E-state index contributed by atoms with van der Waals surface area (Å²) in [5.74, 6) is -0.562. The Kier molecular flexibility index (Phi) is 18.4. The van der Waals surface area contributed by atoms with E-state index in [0.717, 1.165) is 6.08 Å². The highest BCUT2D eigenvalue weighted by Crippen LogP contribution is 2.03. The SMILES string of the molecule is C=CC(=O)OCCN[SH](=O)=O.CCCCCCCC. The van der Waals surface area contributed by atoms with Gasteiger partial charge in [-0.25, -0.2) is 17.9 Å². The molecule has 0 aromatic carbocycles. The Bertz CT molecular complexity index is 276. The zero-order chi connectivity index (χ0) is 14.9. The summed E-state index contributed by atoms with van der Waals surface area (Å²) >= 11 is 0. The molecule has 0 saturated carbocycles. The molecule has 114 valence electrons. The highest BCUT2D eigenvalue weighted by Gasteiger charge is 1.93. The van der Waals surface area contributed by atoms with E-state index in [1.54, 1.807) is 0 Å². The zero-order valence-corrected chi connectivity index (χ0v) is 12.9. The summed E-state index contributed by atoms with van der Waals surface area (Å²) in [6, 6.07) is 0. The van der Waals surface area contributed by atoms with Crippen molar-refractivity contribution < 1.29 is 17.9 Å². The topological polar surface area (TPSA) is 72.5 Å². The van der Waals surface area contributed by atoms with Crippen LogP contribution in [-0.2, 0) is 20.4 Å². The van der Waals surface area contributed by atoms with Gasteiger partial charge in [-0.1, -0.05) is 59.0 Å². The van der Waals surface area contributed by atoms with Crippen LogP contribution in [-0.4, -0.2) is 27.5 Å². The van der Waals surface area contributed by atoms with Gasteiger partial charge in [-0.3, -0.25) is 0 Å². The molecule has 0 bridgehead atoms.